The molecule has 0 rings (SSSR count). The summed E-state index contributed by atoms with van der Waals surface area (Å²) in [5.74, 6) is -0.562. The third kappa shape index (κ3) is 6.13. The molecular formula is C9H16FNO2. The summed E-state index contributed by atoms with van der Waals surface area (Å²) in [6, 6.07) is 0. The quantitative estimate of drug-likeness (QED) is 0.667. The SMILES string of the molecule is C=C(F)CN(C)C(=O)OC(C)(C)C. The topological polar surface area (TPSA) is 29.5 Å². The maximum atomic E-state index is 12.3. The molecule has 0 bridgehead atoms. The van der Waals surface area contributed by atoms with Gasteiger partial charge in [0.25, 0.3) is 0 Å². The van der Waals surface area contributed by atoms with E-state index in [9.17, 15) is 9.18 Å². The van der Waals surface area contributed by atoms with Crippen molar-refractivity contribution in [1.29, 1.82) is 0 Å². The first-order chi connectivity index (χ1) is 5.72. The van der Waals surface area contributed by atoms with Gasteiger partial charge in [-0.3, -0.25) is 0 Å². The highest BCUT2D eigenvalue weighted by atomic mass is 19.1. The van der Waals surface area contributed by atoms with E-state index in [2.05, 4.69) is 6.58 Å². The molecule has 0 saturated heterocycles. The first-order valence-corrected chi connectivity index (χ1v) is 4.00. The molecule has 76 valence electrons. The van der Waals surface area contributed by atoms with Crippen LogP contribution < -0.4 is 0 Å². The third-order valence-electron chi connectivity index (χ3n) is 1.11. The first-order valence-electron chi connectivity index (χ1n) is 4.00. The lowest BCUT2D eigenvalue weighted by molar-refractivity contribution is 0.0306. The number of carbonyl (C=O) groups is 1. The molecule has 3 nitrogen and oxygen atoms in total. The van der Waals surface area contributed by atoms with Crippen molar-refractivity contribution < 1.29 is 13.9 Å². The summed E-state index contributed by atoms with van der Waals surface area (Å²) in [4.78, 5) is 12.3. The monoisotopic (exact) mass is 189 g/mol. The zero-order valence-electron chi connectivity index (χ0n) is 8.56. The Hall–Kier alpha value is -1.06. The molecule has 0 atom stereocenters. The van der Waals surface area contributed by atoms with Gasteiger partial charge in [0.15, 0.2) is 0 Å². The third-order valence-corrected chi connectivity index (χ3v) is 1.11. The zero-order valence-corrected chi connectivity index (χ0v) is 8.56. The van der Waals surface area contributed by atoms with E-state index in [1.807, 2.05) is 0 Å². The predicted octanol–water partition coefficient (Wildman–Crippen LogP) is 2.34. The van der Waals surface area contributed by atoms with Crippen molar-refractivity contribution in [3.63, 3.8) is 0 Å². The number of hydrogen-bond acceptors (Lipinski definition) is 2. The van der Waals surface area contributed by atoms with Crippen molar-refractivity contribution in [1.82, 2.24) is 4.90 Å². The van der Waals surface area contributed by atoms with Crippen LogP contribution >= 0.6 is 0 Å². The molecule has 1 amide bonds. The Balaban J connectivity index is 4.05. The lowest BCUT2D eigenvalue weighted by Crippen LogP contribution is -2.34. The summed E-state index contributed by atoms with van der Waals surface area (Å²) in [5.41, 5.74) is -0.553. The highest BCUT2D eigenvalue weighted by Crippen LogP contribution is 2.09. The van der Waals surface area contributed by atoms with E-state index in [0.717, 1.165) is 4.90 Å². The second kappa shape index (κ2) is 4.25. The molecule has 0 heterocycles. The maximum Gasteiger partial charge on any atom is 0.410 e. The van der Waals surface area contributed by atoms with E-state index in [-0.39, 0.29) is 6.54 Å². The average Bonchev–Trinajstić information content (AvgIpc) is 1.81. The highest BCUT2D eigenvalue weighted by Gasteiger charge is 2.19. The smallest absolute Gasteiger partial charge is 0.410 e. The molecule has 0 aromatic carbocycles. The molecule has 13 heavy (non-hydrogen) atoms. The van der Waals surface area contributed by atoms with Gasteiger partial charge in [-0.2, -0.15) is 0 Å². The van der Waals surface area contributed by atoms with Crippen LogP contribution in [0, 0.1) is 0 Å². The second-order valence-corrected chi connectivity index (χ2v) is 3.85. The maximum absolute atomic E-state index is 12.3. The van der Waals surface area contributed by atoms with Crippen molar-refractivity contribution in [2.24, 2.45) is 0 Å². The molecule has 0 aliphatic rings. The normalized spacial score (nSPS) is 10.8. The van der Waals surface area contributed by atoms with Crippen LogP contribution in [0.2, 0.25) is 0 Å². The van der Waals surface area contributed by atoms with E-state index in [4.69, 9.17) is 4.74 Å². The Bertz CT molecular complexity index is 208. The van der Waals surface area contributed by atoms with Gasteiger partial charge < -0.3 is 9.64 Å². The highest BCUT2D eigenvalue weighted by molar-refractivity contribution is 5.67. The van der Waals surface area contributed by atoms with E-state index in [1.165, 1.54) is 7.05 Å². The van der Waals surface area contributed by atoms with Crippen molar-refractivity contribution in [3.05, 3.63) is 12.4 Å². The van der Waals surface area contributed by atoms with Gasteiger partial charge in [0.05, 0.1) is 6.54 Å². The molecule has 0 aromatic rings. The molecule has 0 radical (unpaired) electrons. The lowest BCUT2D eigenvalue weighted by Gasteiger charge is -2.24. The first kappa shape index (κ1) is 11.9. The van der Waals surface area contributed by atoms with E-state index in [1.54, 1.807) is 20.8 Å². The Morgan fingerprint density at radius 2 is 2.00 bits per heavy atom. The second-order valence-electron chi connectivity index (χ2n) is 3.85. The summed E-state index contributed by atoms with van der Waals surface area (Å²) < 4.78 is 17.3. The summed E-state index contributed by atoms with van der Waals surface area (Å²) in [6.07, 6.45) is -0.550. The van der Waals surface area contributed by atoms with Gasteiger partial charge in [0.1, 0.15) is 11.4 Å². The van der Waals surface area contributed by atoms with Crippen LogP contribution in [-0.4, -0.2) is 30.2 Å². The average molecular weight is 189 g/mol. The van der Waals surface area contributed by atoms with Crippen molar-refractivity contribution in [3.8, 4) is 0 Å². The molecule has 0 N–H and O–H groups in total. The van der Waals surface area contributed by atoms with E-state index >= 15 is 0 Å². The van der Waals surface area contributed by atoms with Crippen LogP contribution in [0.1, 0.15) is 20.8 Å². The predicted molar refractivity (Wildman–Crippen MR) is 49.1 cm³/mol. The molecule has 0 saturated carbocycles. The standard InChI is InChI=1S/C9H16FNO2/c1-7(10)6-11(5)8(12)13-9(2,3)4/h1,6H2,2-5H3. The fourth-order valence-corrected chi connectivity index (χ4v) is 0.662. The summed E-state index contributed by atoms with van der Waals surface area (Å²) in [6.45, 7) is 8.19. The molecule has 0 aliphatic carbocycles. The van der Waals surface area contributed by atoms with Crippen molar-refractivity contribution >= 4 is 6.09 Å². The Kier molecular flexibility index (Phi) is 3.91. The van der Waals surface area contributed by atoms with Crippen molar-refractivity contribution in [2.75, 3.05) is 13.6 Å². The van der Waals surface area contributed by atoms with Gasteiger partial charge in [-0.25, -0.2) is 9.18 Å². The van der Waals surface area contributed by atoms with Crippen LogP contribution in [0.4, 0.5) is 9.18 Å². The fourth-order valence-electron chi connectivity index (χ4n) is 0.662. The van der Waals surface area contributed by atoms with Gasteiger partial charge in [-0.15, -0.1) is 0 Å². The van der Waals surface area contributed by atoms with Crippen LogP contribution in [0.15, 0.2) is 12.4 Å². The number of ether oxygens (including phenoxy) is 1. The minimum atomic E-state index is -0.562. The molecular weight excluding hydrogens is 173 g/mol. The lowest BCUT2D eigenvalue weighted by atomic mass is 10.2. The fraction of sp³-hybridized carbons (Fsp3) is 0.667. The largest absolute Gasteiger partial charge is 0.444 e. The number of carbonyl (C=O) groups excluding carboxylic acids is 1. The van der Waals surface area contributed by atoms with Crippen molar-refractivity contribution in [2.45, 2.75) is 26.4 Å². The van der Waals surface area contributed by atoms with Gasteiger partial charge >= 0.3 is 6.09 Å². The van der Waals surface area contributed by atoms with Gasteiger partial charge in [0, 0.05) is 7.05 Å². The zero-order chi connectivity index (χ0) is 10.6. The van der Waals surface area contributed by atoms with Gasteiger partial charge in [0.2, 0.25) is 0 Å². The molecule has 0 aromatic heterocycles. The summed E-state index contributed by atoms with van der Waals surface area (Å²) in [7, 11) is 1.46. The van der Waals surface area contributed by atoms with E-state index < -0.39 is 17.5 Å². The minimum absolute atomic E-state index is 0.130. The van der Waals surface area contributed by atoms with E-state index in [0.29, 0.717) is 0 Å². The molecule has 4 heteroatoms. The van der Waals surface area contributed by atoms with Gasteiger partial charge in [-0.05, 0) is 20.8 Å². The van der Waals surface area contributed by atoms with Crippen LogP contribution in [-0.2, 0) is 4.74 Å². The van der Waals surface area contributed by atoms with Crippen LogP contribution in [0.25, 0.3) is 0 Å². The molecule has 0 aliphatic heterocycles. The number of rotatable bonds is 2. The Morgan fingerprint density at radius 1 is 1.54 bits per heavy atom. The molecule has 0 spiro atoms. The number of amides is 1. The minimum Gasteiger partial charge on any atom is -0.444 e. The number of halogens is 1. The molecule has 0 unspecified atom stereocenters. The van der Waals surface area contributed by atoms with Crippen LogP contribution in [0.3, 0.4) is 0 Å². The summed E-state index contributed by atoms with van der Waals surface area (Å²) in [5, 5.41) is 0. The number of nitrogens with zero attached hydrogens (tertiary/aromatic N) is 1. The number of hydrogen-bond donors (Lipinski definition) is 0. The molecule has 0 fully saturated rings. The number of likely N-dealkylation sites (N-methyl/N-ethyl adjacent to an activating group) is 1. The Labute approximate surface area is 78.2 Å². The Morgan fingerprint density at radius 3 is 2.31 bits per heavy atom. The summed E-state index contributed by atoms with van der Waals surface area (Å²) >= 11 is 0. The van der Waals surface area contributed by atoms with Gasteiger partial charge in [-0.1, -0.05) is 6.58 Å². The van der Waals surface area contributed by atoms with Crippen LogP contribution in [0.5, 0.6) is 0 Å².